The third-order valence-electron chi connectivity index (χ3n) is 4.18. The van der Waals surface area contributed by atoms with Crippen LogP contribution in [0.15, 0.2) is 12.2 Å². The first-order chi connectivity index (χ1) is 8.56. The lowest BCUT2D eigenvalue weighted by Gasteiger charge is -2.18. The van der Waals surface area contributed by atoms with E-state index in [1.54, 1.807) is 0 Å². The van der Waals surface area contributed by atoms with Crippen molar-refractivity contribution in [1.29, 1.82) is 0 Å². The molecule has 2 amide bonds. The normalized spacial score (nSPS) is 37.7. The van der Waals surface area contributed by atoms with Crippen LogP contribution in [0.4, 0.5) is 0 Å². The number of esters is 1. The van der Waals surface area contributed by atoms with Gasteiger partial charge in [-0.3, -0.25) is 19.3 Å². The Morgan fingerprint density at radius 3 is 2.61 bits per heavy atom. The van der Waals surface area contributed by atoms with Gasteiger partial charge in [-0.05, 0) is 24.7 Å². The topological polar surface area (TPSA) is 63.7 Å². The van der Waals surface area contributed by atoms with Gasteiger partial charge in [-0.25, -0.2) is 0 Å². The first-order valence-electron chi connectivity index (χ1n) is 6.25. The molecule has 0 aromatic rings. The second kappa shape index (κ2) is 3.93. The number of nitrogens with zero attached hydrogens (tertiary/aromatic N) is 1. The number of likely N-dealkylation sites (N-methyl/N-ethyl adjacent to an activating group) is 1. The fourth-order valence-corrected chi connectivity index (χ4v) is 3.09. The molecule has 0 N–H and O–H groups in total. The van der Waals surface area contributed by atoms with Gasteiger partial charge in [0.25, 0.3) is 5.91 Å². The van der Waals surface area contributed by atoms with Gasteiger partial charge in [-0.15, -0.1) is 0 Å². The molecule has 1 heterocycles. The Morgan fingerprint density at radius 2 is 2.11 bits per heavy atom. The molecule has 3 aliphatic rings. The van der Waals surface area contributed by atoms with Crippen LogP contribution in [0.3, 0.4) is 0 Å². The average Bonchev–Trinajstić information content (AvgIpc) is 3.02. The maximum atomic E-state index is 12.0. The first-order valence-corrected chi connectivity index (χ1v) is 6.25. The Labute approximate surface area is 105 Å². The van der Waals surface area contributed by atoms with E-state index in [9.17, 15) is 14.4 Å². The van der Waals surface area contributed by atoms with Gasteiger partial charge in [0.1, 0.15) is 0 Å². The van der Waals surface area contributed by atoms with Crippen molar-refractivity contribution < 1.29 is 19.1 Å². The van der Waals surface area contributed by atoms with Gasteiger partial charge in [0.2, 0.25) is 5.91 Å². The molecule has 0 spiro atoms. The molecular weight excluding hydrogens is 234 g/mol. The van der Waals surface area contributed by atoms with E-state index in [0.717, 1.165) is 17.7 Å². The Morgan fingerprint density at radius 1 is 1.33 bits per heavy atom. The standard InChI is InChI=1S/C13H15NO4/c1-14-11(15)6-10(12(14)16)18-13(17)9-5-7-2-3-8(9)4-7/h2-3,7-10H,4-6H2,1H3/t7-,8+,9-,10+/m0/s1. The van der Waals surface area contributed by atoms with Crippen molar-refractivity contribution in [2.45, 2.75) is 25.4 Å². The maximum Gasteiger partial charge on any atom is 0.310 e. The fraction of sp³-hybridized carbons (Fsp3) is 0.615. The SMILES string of the molecule is CN1C(=O)C[C@@H](OC(=O)[C@H]2C[C@H]3C=C[C@@H]2C3)C1=O. The van der Waals surface area contributed by atoms with E-state index < -0.39 is 12.0 Å². The van der Waals surface area contributed by atoms with E-state index in [1.165, 1.54) is 7.05 Å². The lowest BCUT2D eigenvalue weighted by atomic mass is 9.94. The summed E-state index contributed by atoms with van der Waals surface area (Å²) in [6, 6.07) is 0. The van der Waals surface area contributed by atoms with E-state index in [2.05, 4.69) is 12.2 Å². The van der Waals surface area contributed by atoms with E-state index in [4.69, 9.17) is 4.74 Å². The van der Waals surface area contributed by atoms with Crippen LogP contribution in [0.5, 0.6) is 0 Å². The number of amides is 2. The van der Waals surface area contributed by atoms with Crippen LogP contribution in [0.1, 0.15) is 19.3 Å². The van der Waals surface area contributed by atoms with Gasteiger partial charge in [0, 0.05) is 7.05 Å². The van der Waals surface area contributed by atoms with Crippen molar-refractivity contribution in [2.24, 2.45) is 17.8 Å². The summed E-state index contributed by atoms with van der Waals surface area (Å²) in [7, 11) is 1.42. The molecule has 5 heteroatoms. The van der Waals surface area contributed by atoms with Crippen LogP contribution in [-0.4, -0.2) is 35.8 Å². The molecule has 2 aliphatic carbocycles. The number of carbonyl (C=O) groups is 3. The number of ether oxygens (including phenoxy) is 1. The zero-order valence-electron chi connectivity index (χ0n) is 10.2. The minimum absolute atomic E-state index is 0.0161. The smallest absolute Gasteiger partial charge is 0.310 e. The van der Waals surface area contributed by atoms with Crippen LogP contribution in [0.25, 0.3) is 0 Å². The quantitative estimate of drug-likeness (QED) is 0.406. The zero-order valence-corrected chi connectivity index (χ0v) is 10.2. The van der Waals surface area contributed by atoms with Crippen LogP contribution in [0, 0.1) is 17.8 Å². The molecule has 1 aliphatic heterocycles. The summed E-state index contributed by atoms with van der Waals surface area (Å²) in [5, 5.41) is 0. The fourth-order valence-electron chi connectivity index (χ4n) is 3.09. The van der Waals surface area contributed by atoms with E-state index in [0.29, 0.717) is 5.92 Å². The number of carbonyl (C=O) groups excluding carboxylic acids is 3. The van der Waals surface area contributed by atoms with Crippen molar-refractivity contribution in [2.75, 3.05) is 7.05 Å². The Kier molecular flexibility index (Phi) is 2.50. The van der Waals surface area contributed by atoms with E-state index in [-0.39, 0.29) is 30.1 Å². The maximum absolute atomic E-state index is 12.0. The van der Waals surface area contributed by atoms with E-state index in [1.807, 2.05) is 0 Å². The highest BCUT2D eigenvalue weighted by Crippen LogP contribution is 2.44. The zero-order chi connectivity index (χ0) is 12.9. The monoisotopic (exact) mass is 249 g/mol. The van der Waals surface area contributed by atoms with Crippen molar-refractivity contribution in [3.63, 3.8) is 0 Å². The van der Waals surface area contributed by atoms with Gasteiger partial charge >= 0.3 is 5.97 Å². The highest BCUT2D eigenvalue weighted by atomic mass is 16.5. The molecule has 2 bridgehead atoms. The van der Waals surface area contributed by atoms with Crippen LogP contribution < -0.4 is 0 Å². The average molecular weight is 249 g/mol. The number of hydrogen-bond acceptors (Lipinski definition) is 4. The molecule has 18 heavy (non-hydrogen) atoms. The summed E-state index contributed by atoms with van der Waals surface area (Å²) in [6.45, 7) is 0. The molecule has 0 aromatic carbocycles. The largest absolute Gasteiger partial charge is 0.451 e. The summed E-state index contributed by atoms with van der Waals surface area (Å²) in [6.07, 6.45) is 5.11. The van der Waals surface area contributed by atoms with Gasteiger partial charge in [-0.1, -0.05) is 12.2 Å². The number of hydrogen-bond donors (Lipinski definition) is 0. The number of imide groups is 1. The Bertz CT molecular complexity index is 456. The molecule has 0 aromatic heterocycles. The van der Waals surface area contributed by atoms with Crippen LogP contribution >= 0.6 is 0 Å². The molecule has 4 atom stereocenters. The van der Waals surface area contributed by atoms with Crippen molar-refractivity contribution in [3.8, 4) is 0 Å². The molecule has 2 fully saturated rings. The summed E-state index contributed by atoms with van der Waals surface area (Å²) >= 11 is 0. The number of allylic oxidation sites excluding steroid dienone is 2. The summed E-state index contributed by atoms with van der Waals surface area (Å²) in [5.74, 6) is -0.414. The highest BCUT2D eigenvalue weighted by Gasteiger charge is 2.44. The van der Waals surface area contributed by atoms with Crippen molar-refractivity contribution >= 4 is 17.8 Å². The summed E-state index contributed by atoms with van der Waals surface area (Å²) < 4.78 is 5.22. The summed E-state index contributed by atoms with van der Waals surface area (Å²) in [4.78, 5) is 36.0. The molecule has 3 rings (SSSR count). The summed E-state index contributed by atoms with van der Waals surface area (Å²) in [5.41, 5.74) is 0. The lowest BCUT2D eigenvalue weighted by Crippen LogP contribution is -2.33. The lowest BCUT2D eigenvalue weighted by molar-refractivity contribution is -0.160. The van der Waals surface area contributed by atoms with Gasteiger partial charge in [0.15, 0.2) is 6.10 Å². The second-order valence-corrected chi connectivity index (χ2v) is 5.31. The second-order valence-electron chi connectivity index (χ2n) is 5.31. The van der Waals surface area contributed by atoms with Gasteiger partial charge in [-0.2, -0.15) is 0 Å². The molecule has 0 radical (unpaired) electrons. The third kappa shape index (κ3) is 1.65. The Balaban J connectivity index is 1.64. The number of rotatable bonds is 2. The predicted molar refractivity (Wildman–Crippen MR) is 61.1 cm³/mol. The molecule has 1 saturated carbocycles. The first kappa shape index (κ1) is 11.4. The third-order valence-corrected chi connectivity index (χ3v) is 4.18. The Hall–Kier alpha value is -1.65. The molecule has 96 valence electrons. The molecule has 5 nitrogen and oxygen atoms in total. The van der Waals surface area contributed by atoms with Crippen LogP contribution in [-0.2, 0) is 19.1 Å². The molecule has 1 saturated heterocycles. The minimum Gasteiger partial charge on any atom is -0.451 e. The van der Waals surface area contributed by atoms with E-state index >= 15 is 0 Å². The molecular formula is C13H15NO4. The van der Waals surface area contributed by atoms with Crippen LogP contribution in [0.2, 0.25) is 0 Å². The highest BCUT2D eigenvalue weighted by molar-refractivity contribution is 6.05. The molecule has 0 unspecified atom stereocenters. The number of fused-ring (bicyclic) bond motifs is 2. The number of likely N-dealkylation sites (tertiary alicyclic amines) is 1. The van der Waals surface area contributed by atoms with Crippen molar-refractivity contribution in [3.05, 3.63) is 12.2 Å². The van der Waals surface area contributed by atoms with Crippen molar-refractivity contribution in [1.82, 2.24) is 4.90 Å². The van der Waals surface area contributed by atoms with Gasteiger partial charge in [0.05, 0.1) is 12.3 Å². The van der Waals surface area contributed by atoms with Gasteiger partial charge < -0.3 is 4.74 Å². The predicted octanol–water partition coefficient (Wildman–Crippen LogP) is 0.499. The minimum atomic E-state index is -0.905.